The summed E-state index contributed by atoms with van der Waals surface area (Å²) in [5, 5.41) is 10.1. The van der Waals surface area contributed by atoms with E-state index < -0.39 is 10.0 Å². The zero-order valence-corrected chi connectivity index (χ0v) is 14.8. The molecule has 0 atom stereocenters. The molecule has 0 aliphatic rings. The Morgan fingerprint density at radius 2 is 1.79 bits per heavy atom. The third kappa shape index (κ3) is 4.03. The summed E-state index contributed by atoms with van der Waals surface area (Å²) >= 11 is 1.12. The first-order valence-electron chi connectivity index (χ1n) is 7.43. The van der Waals surface area contributed by atoms with E-state index in [-0.39, 0.29) is 4.21 Å². The molecule has 0 aliphatic heterocycles. The molecule has 0 spiro atoms. The van der Waals surface area contributed by atoms with Gasteiger partial charge in [0.05, 0.1) is 0 Å². The molecule has 3 aromatic rings. The first-order chi connectivity index (χ1) is 11.4. The molecule has 124 valence electrons. The van der Waals surface area contributed by atoms with Gasteiger partial charge in [-0.3, -0.25) is 0 Å². The molecule has 0 radical (unpaired) electrons. The van der Waals surface area contributed by atoms with Gasteiger partial charge < -0.3 is 5.32 Å². The number of nitrogens with two attached hydrogens (primary N) is 1. The van der Waals surface area contributed by atoms with Crippen molar-refractivity contribution < 1.29 is 8.42 Å². The molecule has 0 aliphatic carbocycles. The lowest BCUT2D eigenvalue weighted by Gasteiger charge is -2.07. The highest BCUT2D eigenvalue weighted by Gasteiger charge is 2.10. The zero-order chi connectivity index (χ0) is 17.2. The molecule has 1 heterocycles. The molecule has 0 amide bonds. The van der Waals surface area contributed by atoms with Crippen LogP contribution in [-0.4, -0.2) is 8.42 Å². The molecule has 0 fully saturated rings. The molecule has 0 unspecified atom stereocenters. The lowest BCUT2D eigenvalue weighted by atomic mass is 10.0. The number of primary sulfonamides is 1. The molecule has 3 rings (SSSR count). The Kier molecular flexibility index (Phi) is 4.71. The van der Waals surface area contributed by atoms with Gasteiger partial charge >= 0.3 is 0 Å². The van der Waals surface area contributed by atoms with Gasteiger partial charge in [-0.05, 0) is 35.7 Å². The fourth-order valence-electron chi connectivity index (χ4n) is 2.37. The minimum atomic E-state index is -3.63. The van der Waals surface area contributed by atoms with Gasteiger partial charge in [-0.25, -0.2) is 13.6 Å². The molecule has 0 saturated carbocycles. The number of nitrogens with one attached hydrogen (secondary N) is 1. The number of sulfonamides is 1. The van der Waals surface area contributed by atoms with Crippen molar-refractivity contribution in [3.63, 3.8) is 0 Å². The summed E-state index contributed by atoms with van der Waals surface area (Å²) in [6.07, 6.45) is 0. The monoisotopic (exact) mass is 358 g/mol. The van der Waals surface area contributed by atoms with Gasteiger partial charge in [-0.2, -0.15) is 0 Å². The van der Waals surface area contributed by atoms with Crippen LogP contribution in [0, 0.1) is 6.92 Å². The summed E-state index contributed by atoms with van der Waals surface area (Å²) in [6, 6.07) is 18.2. The minimum absolute atomic E-state index is 0.165. The maximum Gasteiger partial charge on any atom is 0.247 e. The lowest BCUT2D eigenvalue weighted by Crippen LogP contribution is -2.10. The van der Waals surface area contributed by atoms with E-state index in [0.717, 1.165) is 28.2 Å². The predicted molar refractivity (Wildman–Crippen MR) is 99.6 cm³/mol. The van der Waals surface area contributed by atoms with Crippen LogP contribution in [0.2, 0.25) is 0 Å². The van der Waals surface area contributed by atoms with E-state index in [1.54, 1.807) is 11.4 Å². The first kappa shape index (κ1) is 16.7. The van der Waals surface area contributed by atoms with Gasteiger partial charge in [0.1, 0.15) is 4.21 Å². The Morgan fingerprint density at radius 3 is 2.46 bits per heavy atom. The summed E-state index contributed by atoms with van der Waals surface area (Å²) in [5.74, 6) is 0. The number of aryl methyl sites for hydroxylation is 1. The average Bonchev–Trinajstić information content (AvgIpc) is 3.03. The van der Waals surface area contributed by atoms with Gasteiger partial charge in [-0.15, -0.1) is 11.3 Å². The number of hydrogen-bond donors (Lipinski definition) is 2. The third-order valence-electron chi connectivity index (χ3n) is 3.66. The van der Waals surface area contributed by atoms with Crippen molar-refractivity contribution in [2.24, 2.45) is 5.14 Å². The number of thiophene rings is 1. The quantitative estimate of drug-likeness (QED) is 0.724. The summed E-state index contributed by atoms with van der Waals surface area (Å²) in [5.41, 5.74) is 5.44. The number of anilines is 1. The van der Waals surface area contributed by atoms with Gasteiger partial charge in [0, 0.05) is 17.6 Å². The standard InChI is InChI=1S/C18H18N2O2S2/c1-13-5-7-15(8-6-13)16-4-2-3-14(9-16)11-20-17-10-18(23-12-17)24(19,21)22/h2-10,12,20H,11H2,1H3,(H2,19,21,22). The fourth-order valence-corrected chi connectivity index (χ4v) is 3.93. The maximum absolute atomic E-state index is 11.3. The van der Waals surface area contributed by atoms with Gasteiger partial charge in [0.15, 0.2) is 0 Å². The van der Waals surface area contributed by atoms with Crippen LogP contribution in [-0.2, 0) is 16.6 Å². The molecular formula is C18H18N2O2S2. The van der Waals surface area contributed by atoms with E-state index in [2.05, 4.69) is 48.6 Å². The average molecular weight is 358 g/mol. The van der Waals surface area contributed by atoms with E-state index in [4.69, 9.17) is 5.14 Å². The van der Waals surface area contributed by atoms with Crippen LogP contribution in [0.25, 0.3) is 11.1 Å². The van der Waals surface area contributed by atoms with Gasteiger partial charge in [0.2, 0.25) is 10.0 Å². The zero-order valence-electron chi connectivity index (χ0n) is 13.2. The van der Waals surface area contributed by atoms with Crippen molar-refractivity contribution in [2.75, 3.05) is 5.32 Å². The highest BCUT2D eigenvalue weighted by Crippen LogP contribution is 2.24. The topological polar surface area (TPSA) is 72.2 Å². The van der Waals surface area contributed by atoms with Crippen molar-refractivity contribution in [1.29, 1.82) is 0 Å². The van der Waals surface area contributed by atoms with Crippen molar-refractivity contribution >= 4 is 27.0 Å². The Labute approximate surface area is 146 Å². The van der Waals surface area contributed by atoms with E-state index in [1.807, 2.05) is 12.1 Å². The molecule has 3 N–H and O–H groups in total. The van der Waals surface area contributed by atoms with Crippen LogP contribution in [0.5, 0.6) is 0 Å². The second kappa shape index (κ2) is 6.76. The van der Waals surface area contributed by atoms with Crippen molar-refractivity contribution in [3.05, 3.63) is 71.1 Å². The van der Waals surface area contributed by atoms with Crippen molar-refractivity contribution in [3.8, 4) is 11.1 Å². The summed E-state index contributed by atoms with van der Waals surface area (Å²) in [4.78, 5) is 0. The molecule has 0 saturated heterocycles. The Bertz CT molecular complexity index is 945. The fraction of sp³-hybridized carbons (Fsp3) is 0.111. The summed E-state index contributed by atoms with van der Waals surface area (Å²) < 4.78 is 22.8. The number of rotatable bonds is 5. The number of benzene rings is 2. The third-order valence-corrected chi connectivity index (χ3v) is 6.05. The second-order valence-corrected chi connectivity index (χ2v) is 8.32. The highest BCUT2D eigenvalue weighted by atomic mass is 32.2. The largest absolute Gasteiger partial charge is 0.380 e. The van der Waals surface area contributed by atoms with Crippen LogP contribution in [0.4, 0.5) is 5.69 Å². The number of hydrogen-bond acceptors (Lipinski definition) is 4. The van der Waals surface area contributed by atoms with Crippen molar-refractivity contribution in [2.45, 2.75) is 17.7 Å². The molecule has 2 aromatic carbocycles. The van der Waals surface area contributed by atoms with Crippen LogP contribution >= 0.6 is 11.3 Å². The summed E-state index contributed by atoms with van der Waals surface area (Å²) in [6.45, 7) is 2.68. The van der Waals surface area contributed by atoms with E-state index in [0.29, 0.717) is 6.54 Å². The van der Waals surface area contributed by atoms with Crippen LogP contribution in [0.3, 0.4) is 0 Å². The van der Waals surface area contributed by atoms with E-state index >= 15 is 0 Å². The van der Waals surface area contributed by atoms with Crippen molar-refractivity contribution in [1.82, 2.24) is 0 Å². The van der Waals surface area contributed by atoms with E-state index in [9.17, 15) is 8.42 Å². The molecule has 1 aromatic heterocycles. The Hall–Kier alpha value is -2.15. The smallest absolute Gasteiger partial charge is 0.247 e. The van der Waals surface area contributed by atoms with Gasteiger partial charge in [-0.1, -0.05) is 48.0 Å². The molecule has 6 heteroatoms. The first-order valence-corrected chi connectivity index (χ1v) is 9.85. The molecular weight excluding hydrogens is 340 g/mol. The van der Waals surface area contributed by atoms with Crippen LogP contribution < -0.4 is 10.5 Å². The SMILES string of the molecule is Cc1ccc(-c2cccc(CNc3csc(S(N)(=O)=O)c3)c2)cc1. The minimum Gasteiger partial charge on any atom is -0.380 e. The Balaban J connectivity index is 1.73. The molecule has 0 bridgehead atoms. The van der Waals surface area contributed by atoms with Crippen LogP contribution in [0.15, 0.2) is 64.2 Å². The van der Waals surface area contributed by atoms with Crippen LogP contribution in [0.1, 0.15) is 11.1 Å². The Morgan fingerprint density at radius 1 is 1.04 bits per heavy atom. The van der Waals surface area contributed by atoms with E-state index in [1.165, 1.54) is 11.1 Å². The second-order valence-electron chi connectivity index (χ2n) is 5.62. The summed E-state index contributed by atoms with van der Waals surface area (Å²) in [7, 11) is -3.63. The molecule has 24 heavy (non-hydrogen) atoms. The lowest BCUT2D eigenvalue weighted by molar-refractivity contribution is 0.600. The normalized spacial score (nSPS) is 11.4. The molecule has 4 nitrogen and oxygen atoms in total. The maximum atomic E-state index is 11.3. The highest BCUT2D eigenvalue weighted by molar-refractivity contribution is 7.91. The predicted octanol–water partition coefficient (Wildman–Crippen LogP) is 3.98. The van der Waals surface area contributed by atoms with Gasteiger partial charge in [0.25, 0.3) is 0 Å².